The molecule has 0 spiro atoms. The number of rotatable bonds is 10. The van der Waals surface area contributed by atoms with Gasteiger partial charge in [0.25, 0.3) is 0 Å². The average Bonchev–Trinajstić information content (AvgIpc) is 3.18. The second kappa shape index (κ2) is 10.2. The molecule has 1 atom stereocenters. The third-order valence-corrected chi connectivity index (χ3v) is 5.45. The first-order valence-electron chi connectivity index (χ1n) is 11.1. The minimum Gasteiger partial charge on any atom is -0.497 e. The molecule has 0 amide bonds. The van der Waals surface area contributed by atoms with Gasteiger partial charge in [0.15, 0.2) is 11.9 Å². The summed E-state index contributed by atoms with van der Waals surface area (Å²) < 4.78 is 19.6. The number of para-hydroxylation sites is 2. The zero-order valence-corrected chi connectivity index (χ0v) is 19.0. The van der Waals surface area contributed by atoms with Gasteiger partial charge < -0.3 is 18.8 Å². The first kappa shape index (κ1) is 21.8. The van der Waals surface area contributed by atoms with E-state index in [0.717, 1.165) is 53.5 Å². The Labute approximate surface area is 189 Å². The van der Waals surface area contributed by atoms with Crippen LogP contribution >= 0.6 is 0 Å². The summed E-state index contributed by atoms with van der Waals surface area (Å²) in [6, 6.07) is 24.1. The molecule has 0 saturated heterocycles. The summed E-state index contributed by atoms with van der Waals surface area (Å²) in [5.74, 6) is 3.51. The fourth-order valence-electron chi connectivity index (χ4n) is 3.82. The van der Waals surface area contributed by atoms with Gasteiger partial charge >= 0.3 is 0 Å². The van der Waals surface area contributed by atoms with Crippen molar-refractivity contribution in [1.82, 2.24) is 9.55 Å². The number of benzene rings is 3. The van der Waals surface area contributed by atoms with Crippen LogP contribution in [0.1, 0.15) is 37.3 Å². The van der Waals surface area contributed by atoms with Crippen LogP contribution in [-0.4, -0.2) is 23.3 Å². The molecule has 166 valence electrons. The Morgan fingerprint density at radius 1 is 0.875 bits per heavy atom. The van der Waals surface area contributed by atoms with Gasteiger partial charge in [0.2, 0.25) is 0 Å². The number of nitrogens with zero attached hydrogens (tertiary/aromatic N) is 2. The number of aromatic nitrogens is 2. The summed E-state index contributed by atoms with van der Waals surface area (Å²) in [4.78, 5) is 4.89. The summed E-state index contributed by atoms with van der Waals surface area (Å²) >= 11 is 0. The van der Waals surface area contributed by atoms with Gasteiger partial charge in [-0.05, 0) is 80.8 Å². The van der Waals surface area contributed by atoms with E-state index in [4.69, 9.17) is 19.2 Å². The van der Waals surface area contributed by atoms with Crippen molar-refractivity contribution in [2.24, 2.45) is 0 Å². The van der Waals surface area contributed by atoms with Crippen molar-refractivity contribution in [2.75, 3.05) is 13.7 Å². The Bertz CT molecular complexity index is 1150. The van der Waals surface area contributed by atoms with E-state index in [9.17, 15) is 0 Å². The van der Waals surface area contributed by atoms with Gasteiger partial charge in [-0.2, -0.15) is 0 Å². The van der Waals surface area contributed by atoms with E-state index < -0.39 is 0 Å². The first-order chi connectivity index (χ1) is 15.6. The van der Waals surface area contributed by atoms with Crippen LogP contribution in [0.2, 0.25) is 0 Å². The lowest BCUT2D eigenvalue weighted by Gasteiger charge is -2.17. The summed E-state index contributed by atoms with van der Waals surface area (Å²) in [6.07, 6.45) is 1.78. The third-order valence-electron chi connectivity index (χ3n) is 5.45. The minimum atomic E-state index is -0.153. The molecule has 0 aliphatic rings. The van der Waals surface area contributed by atoms with Crippen molar-refractivity contribution in [3.8, 4) is 17.2 Å². The number of hydrogen-bond donors (Lipinski definition) is 0. The molecule has 0 aliphatic carbocycles. The molecule has 1 heterocycles. The summed E-state index contributed by atoms with van der Waals surface area (Å²) in [6.45, 7) is 5.67. The standard InChI is InChI=1S/C27H30N2O3/c1-20-9-8-10-24(19-20)32-21(2)27-28-25-11-4-5-12-26(25)29(27)17-6-7-18-31-23-15-13-22(30-3)14-16-23/h4-5,8-16,19,21H,6-7,17-18H2,1-3H3. The molecule has 32 heavy (non-hydrogen) atoms. The maximum absolute atomic E-state index is 6.24. The molecular weight excluding hydrogens is 400 g/mol. The van der Waals surface area contributed by atoms with Crippen molar-refractivity contribution in [1.29, 1.82) is 0 Å². The zero-order valence-electron chi connectivity index (χ0n) is 19.0. The first-order valence-corrected chi connectivity index (χ1v) is 11.1. The summed E-state index contributed by atoms with van der Waals surface area (Å²) in [5, 5.41) is 0. The SMILES string of the molecule is COc1ccc(OCCCCn2c(C(C)Oc3cccc(C)c3)nc3ccccc32)cc1. The summed E-state index contributed by atoms with van der Waals surface area (Å²) in [7, 11) is 1.66. The highest BCUT2D eigenvalue weighted by atomic mass is 16.5. The van der Waals surface area contributed by atoms with Crippen LogP contribution in [0.3, 0.4) is 0 Å². The monoisotopic (exact) mass is 430 g/mol. The Morgan fingerprint density at radius 2 is 1.66 bits per heavy atom. The Kier molecular flexibility index (Phi) is 6.95. The van der Waals surface area contributed by atoms with E-state index in [-0.39, 0.29) is 6.10 Å². The lowest BCUT2D eigenvalue weighted by Crippen LogP contribution is -2.13. The second-order valence-electron chi connectivity index (χ2n) is 7.92. The molecule has 1 unspecified atom stereocenters. The Hall–Kier alpha value is -3.47. The van der Waals surface area contributed by atoms with Gasteiger partial charge in [0, 0.05) is 6.54 Å². The fraction of sp³-hybridized carbons (Fsp3) is 0.296. The van der Waals surface area contributed by atoms with Crippen LogP contribution in [0.4, 0.5) is 0 Å². The maximum Gasteiger partial charge on any atom is 0.153 e. The number of imidazole rings is 1. The lowest BCUT2D eigenvalue weighted by atomic mass is 10.2. The maximum atomic E-state index is 6.24. The van der Waals surface area contributed by atoms with E-state index in [0.29, 0.717) is 6.61 Å². The molecule has 0 radical (unpaired) electrons. The molecular formula is C27H30N2O3. The van der Waals surface area contributed by atoms with Crippen LogP contribution in [0.15, 0.2) is 72.8 Å². The quantitative estimate of drug-likeness (QED) is 0.275. The number of methoxy groups -OCH3 is 1. The highest BCUT2D eigenvalue weighted by Crippen LogP contribution is 2.26. The van der Waals surface area contributed by atoms with Crippen LogP contribution in [0, 0.1) is 6.92 Å². The number of fused-ring (bicyclic) bond motifs is 1. The summed E-state index contributed by atoms with van der Waals surface area (Å²) in [5.41, 5.74) is 3.31. The topological polar surface area (TPSA) is 45.5 Å². The lowest BCUT2D eigenvalue weighted by molar-refractivity contribution is 0.210. The molecule has 5 heteroatoms. The van der Waals surface area contributed by atoms with Crippen LogP contribution < -0.4 is 14.2 Å². The second-order valence-corrected chi connectivity index (χ2v) is 7.92. The van der Waals surface area contributed by atoms with E-state index in [1.165, 1.54) is 5.56 Å². The third kappa shape index (κ3) is 5.22. The molecule has 0 N–H and O–H groups in total. The van der Waals surface area contributed by atoms with Crippen molar-refractivity contribution >= 4 is 11.0 Å². The van der Waals surface area contributed by atoms with Gasteiger partial charge in [-0.3, -0.25) is 0 Å². The smallest absolute Gasteiger partial charge is 0.153 e. The average molecular weight is 431 g/mol. The van der Waals surface area contributed by atoms with Gasteiger partial charge in [0.1, 0.15) is 17.2 Å². The number of aryl methyl sites for hydroxylation is 2. The predicted octanol–water partition coefficient (Wildman–Crippen LogP) is 6.35. The van der Waals surface area contributed by atoms with E-state index in [2.05, 4.69) is 48.7 Å². The van der Waals surface area contributed by atoms with Crippen molar-refractivity contribution < 1.29 is 14.2 Å². The normalized spacial score (nSPS) is 12.0. The molecule has 0 fully saturated rings. The largest absolute Gasteiger partial charge is 0.497 e. The Morgan fingerprint density at radius 3 is 2.44 bits per heavy atom. The molecule has 3 aromatic carbocycles. The van der Waals surface area contributed by atoms with Gasteiger partial charge in [0.05, 0.1) is 24.8 Å². The number of unbranched alkanes of at least 4 members (excludes halogenated alkanes) is 1. The van der Waals surface area contributed by atoms with E-state index >= 15 is 0 Å². The van der Waals surface area contributed by atoms with Crippen molar-refractivity contribution in [3.05, 3.63) is 84.2 Å². The minimum absolute atomic E-state index is 0.153. The predicted molar refractivity (Wildman–Crippen MR) is 128 cm³/mol. The van der Waals surface area contributed by atoms with Crippen LogP contribution in [0.5, 0.6) is 17.2 Å². The highest BCUT2D eigenvalue weighted by molar-refractivity contribution is 5.76. The van der Waals surface area contributed by atoms with Gasteiger partial charge in [-0.15, -0.1) is 0 Å². The number of ether oxygens (including phenoxy) is 3. The molecule has 0 bridgehead atoms. The highest BCUT2D eigenvalue weighted by Gasteiger charge is 2.18. The van der Waals surface area contributed by atoms with E-state index in [1.807, 2.05) is 42.5 Å². The molecule has 4 rings (SSSR count). The van der Waals surface area contributed by atoms with Crippen molar-refractivity contribution in [2.45, 2.75) is 39.3 Å². The van der Waals surface area contributed by atoms with E-state index in [1.54, 1.807) is 7.11 Å². The zero-order chi connectivity index (χ0) is 22.3. The van der Waals surface area contributed by atoms with Crippen LogP contribution in [0.25, 0.3) is 11.0 Å². The molecule has 0 aliphatic heterocycles. The van der Waals surface area contributed by atoms with Gasteiger partial charge in [-0.25, -0.2) is 4.98 Å². The molecule has 1 aromatic heterocycles. The van der Waals surface area contributed by atoms with Crippen molar-refractivity contribution in [3.63, 3.8) is 0 Å². The fourth-order valence-corrected chi connectivity index (χ4v) is 3.82. The molecule has 0 saturated carbocycles. The molecule has 4 aromatic rings. The Balaban J connectivity index is 1.40. The van der Waals surface area contributed by atoms with Gasteiger partial charge in [-0.1, -0.05) is 24.3 Å². The number of hydrogen-bond acceptors (Lipinski definition) is 4. The van der Waals surface area contributed by atoms with Crippen LogP contribution in [-0.2, 0) is 6.54 Å². The molecule has 5 nitrogen and oxygen atoms in total.